The number of phenols is 3. The second kappa shape index (κ2) is 3.79. The molecule has 0 atom stereocenters. The van der Waals surface area contributed by atoms with Crippen molar-refractivity contribution in [2.24, 2.45) is 5.73 Å². The van der Waals surface area contributed by atoms with Crippen molar-refractivity contribution in [3.05, 3.63) is 23.4 Å². The van der Waals surface area contributed by atoms with Crippen LogP contribution in [0.2, 0.25) is 0 Å². The molecule has 0 unspecified atom stereocenters. The van der Waals surface area contributed by atoms with Gasteiger partial charge in [0.1, 0.15) is 11.4 Å². The number of nitrogens with two attached hydrogens (primary N) is 1. The van der Waals surface area contributed by atoms with Crippen molar-refractivity contribution in [1.82, 2.24) is 0 Å². The normalized spacial score (nSPS) is 11.3. The molecule has 80 valence electrons. The van der Waals surface area contributed by atoms with Crippen molar-refractivity contribution in [2.45, 2.75) is 0 Å². The molecule has 0 aromatic heterocycles. The van der Waals surface area contributed by atoms with Gasteiger partial charge in [0.05, 0.1) is 0 Å². The number of phenolic OH excluding ortho intramolecular Hbond substituents is 3. The number of benzene rings is 1. The smallest absolute Gasteiger partial charge is 0.351 e. The van der Waals surface area contributed by atoms with Crippen LogP contribution >= 0.6 is 0 Å². The summed E-state index contributed by atoms with van der Waals surface area (Å²) in [6, 6.07) is 1.89. The van der Waals surface area contributed by atoms with Crippen LogP contribution in [0.1, 0.15) is 5.56 Å². The van der Waals surface area contributed by atoms with Crippen molar-refractivity contribution in [3.63, 3.8) is 0 Å². The van der Waals surface area contributed by atoms with Crippen molar-refractivity contribution in [2.75, 3.05) is 0 Å². The maximum absolute atomic E-state index is 10.4. The molecule has 0 amide bonds. The lowest BCUT2D eigenvalue weighted by Crippen LogP contribution is -2.09. The molecule has 0 bridgehead atoms. The second-order valence-corrected chi connectivity index (χ2v) is 2.80. The van der Waals surface area contributed by atoms with Crippen molar-refractivity contribution in [3.8, 4) is 17.2 Å². The lowest BCUT2D eigenvalue weighted by atomic mass is 10.1. The first-order valence-corrected chi connectivity index (χ1v) is 3.87. The summed E-state index contributed by atoms with van der Waals surface area (Å²) < 4.78 is 0. The SMILES string of the molecule is NC(=Cc1cc(O)c(O)cc1O)C(=O)O. The van der Waals surface area contributed by atoms with Gasteiger partial charge in [0.15, 0.2) is 11.5 Å². The number of carbonyl (C=O) groups is 1. The molecule has 0 fully saturated rings. The molecule has 0 aliphatic rings. The van der Waals surface area contributed by atoms with E-state index in [0.29, 0.717) is 0 Å². The molecule has 0 saturated carbocycles. The Morgan fingerprint density at radius 3 is 2.20 bits per heavy atom. The number of hydrogen-bond donors (Lipinski definition) is 5. The summed E-state index contributed by atoms with van der Waals surface area (Å²) in [6.45, 7) is 0. The van der Waals surface area contributed by atoms with Crippen molar-refractivity contribution in [1.29, 1.82) is 0 Å². The molecule has 15 heavy (non-hydrogen) atoms. The van der Waals surface area contributed by atoms with Gasteiger partial charge in [0.25, 0.3) is 0 Å². The van der Waals surface area contributed by atoms with Crippen molar-refractivity contribution >= 4 is 12.0 Å². The fraction of sp³-hybridized carbons (Fsp3) is 0. The van der Waals surface area contributed by atoms with E-state index < -0.39 is 23.2 Å². The van der Waals surface area contributed by atoms with Gasteiger partial charge in [-0.25, -0.2) is 4.79 Å². The molecule has 0 saturated heterocycles. The number of aliphatic carboxylic acids is 1. The highest BCUT2D eigenvalue weighted by Crippen LogP contribution is 2.32. The first kappa shape index (κ1) is 10.7. The van der Waals surface area contributed by atoms with Crippen LogP contribution in [-0.2, 0) is 4.79 Å². The highest BCUT2D eigenvalue weighted by atomic mass is 16.4. The molecular formula is C9H9NO5. The summed E-state index contributed by atoms with van der Waals surface area (Å²) in [5, 5.41) is 35.8. The van der Waals surface area contributed by atoms with Crippen LogP contribution in [0.25, 0.3) is 6.08 Å². The Morgan fingerprint density at radius 2 is 1.67 bits per heavy atom. The van der Waals surface area contributed by atoms with Crippen LogP contribution < -0.4 is 5.73 Å². The van der Waals surface area contributed by atoms with Gasteiger partial charge in [0, 0.05) is 11.6 Å². The molecule has 1 aromatic rings. The lowest BCUT2D eigenvalue weighted by molar-refractivity contribution is -0.132. The Balaban J connectivity index is 3.22. The van der Waals surface area contributed by atoms with Gasteiger partial charge in [0.2, 0.25) is 0 Å². The summed E-state index contributed by atoms with van der Waals surface area (Å²) >= 11 is 0. The fourth-order valence-corrected chi connectivity index (χ4v) is 0.927. The third-order valence-electron chi connectivity index (χ3n) is 1.68. The second-order valence-electron chi connectivity index (χ2n) is 2.80. The van der Waals surface area contributed by atoms with Crippen molar-refractivity contribution < 1.29 is 25.2 Å². The van der Waals surface area contributed by atoms with Gasteiger partial charge in [-0.15, -0.1) is 0 Å². The van der Waals surface area contributed by atoms with E-state index >= 15 is 0 Å². The first-order valence-electron chi connectivity index (χ1n) is 3.87. The third-order valence-corrected chi connectivity index (χ3v) is 1.68. The zero-order valence-corrected chi connectivity index (χ0v) is 7.51. The average molecular weight is 211 g/mol. The van der Waals surface area contributed by atoms with Gasteiger partial charge in [-0.2, -0.15) is 0 Å². The largest absolute Gasteiger partial charge is 0.507 e. The minimum absolute atomic E-state index is 0.00481. The van der Waals surface area contributed by atoms with Crippen LogP contribution in [0.15, 0.2) is 17.8 Å². The maximum Gasteiger partial charge on any atom is 0.351 e. The number of hydrogen-bond acceptors (Lipinski definition) is 5. The minimum atomic E-state index is -1.35. The van der Waals surface area contributed by atoms with Crippen LogP contribution in [0.4, 0.5) is 0 Å². The number of carboxylic acids is 1. The topological polar surface area (TPSA) is 124 Å². The standard InChI is InChI=1S/C9H9NO5/c10-5(9(14)15)1-4-2-7(12)8(13)3-6(4)11/h1-3,11-13H,10H2,(H,14,15). The van der Waals surface area contributed by atoms with E-state index in [0.717, 1.165) is 18.2 Å². The number of aromatic hydroxyl groups is 3. The molecule has 0 radical (unpaired) electrons. The molecule has 0 spiro atoms. The zero-order chi connectivity index (χ0) is 11.6. The van der Waals surface area contributed by atoms with E-state index in [4.69, 9.17) is 21.1 Å². The van der Waals surface area contributed by atoms with Gasteiger partial charge >= 0.3 is 5.97 Å². The minimum Gasteiger partial charge on any atom is -0.507 e. The average Bonchev–Trinajstić information content (AvgIpc) is 2.13. The molecular weight excluding hydrogens is 202 g/mol. The third kappa shape index (κ3) is 2.31. The first-order chi connectivity index (χ1) is 6.91. The Kier molecular flexibility index (Phi) is 2.70. The molecule has 0 heterocycles. The lowest BCUT2D eigenvalue weighted by Gasteiger charge is -2.03. The van der Waals surface area contributed by atoms with Crippen LogP contribution in [0, 0.1) is 0 Å². The van der Waals surface area contributed by atoms with Gasteiger partial charge < -0.3 is 26.2 Å². The van der Waals surface area contributed by atoms with Gasteiger partial charge in [-0.3, -0.25) is 0 Å². The molecule has 6 nitrogen and oxygen atoms in total. The van der Waals surface area contributed by atoms with Crippen LogP contribution in [0.5, 0.6) is 17.2 Å². The van der Waals surface area contributed by atoms with E-state index in [1.54, 1.807) is 0 Å². The summed E-state index contributed by atoms with van der Waals surface area (Å²) in [7, 11) is 0. The van der Waals surface area contributed by atoms with E-state index in [9.17, 15) is 9.90 Å². The van der Waals surface area contributed by atoms with Crippen LogP contribution in [0.3, 0.4) is 0 Å². The quantitative estimate of drug-likeness (QED) is 0.270. The molecule has 6 N–H and O–H groups in total. The molecule has 0 aliphatic heterocycles. The molecule has 6 heteroatoms. The summed E-state index contributed by atoms with van der Waals surface area (Å²) in [6.07, 6.45) is 0.969. The summed E-state index contributed by atoms with van der Waals surface area (Å²) in [4.78, 5) is 10.4. The van der Waals surface area contributed by atoms with E-state index in [-0.39, 0.29) is 11.3 Å². The molecule has 1 aromatic carbocycles. The predicted octanol–water partition coefficient (Wildman–Crippen LogP) is 0.188. The maximum atomic E-state index is 10.4. The summed E-state index contributed by atoms with van der Waals surface area (Å²) in [5.74, 6) is -2.70. The highest BCUT2D eigenvalue weighted by molar-refractivity contribution is 5.91. The Labute approximate surface area is 84.5 Å². The molecule has 1 rings (SSSR count). The summed E-state index contributed by atoms with van der Waals surface area (Å²) in [5.41, 5.74) is 4.63. The highest BCUT2D eigenvalue weighted by Gasteiger charge is 2.08. The number of carboxylic acid groups (broad SMARTS) is 1. The Bertz CT molecular complexity index is 438. The Morgan fingerprint density at radius 1 is 1.13 bits per heavy atom. The monoisotopic (exact) mass is 211 g/mol. The van der Waals surface area contributed by atoms with Crippen LogP contribution in [-0.4, -0.2) is 26.4 Å². The van der Waals surface area contributed by atoms with E-state index in [1.165, 1.54) is 0 Å². The van der Waals surface area contributed by atoms with E-state index in [1.807, 2.05) is 0 Å². The number of rotatable bonds is 2. The van der Waals surface area contributed by atoms with E-state index in [2.05, 4.69) is 0 Å². The van der Waals surface area contributed by atoms with Gasteiger partial charge in [-0.05, 0) is 12.1 Å². The zero-order valence-electron chi connectivity index (χ0n) is 7.51. The molecule has 0 aliphatic carbocycles. The van der Waals surface area contributed by atoms with Gasteiger partial charge in [-0.1, -0.05) is 0 Å². The Hall–Kier alpha value is -2.37. The fourth-order valence-electron chi connectivity index (χ4n) is 0.927. The predicted molar refractivity (Wildman–Crippen MR) is 51.2 cm³/mol.